The van der Waals surface area contributed by atoms with Crippen LogP contribution >= 0.6 is 0 Å². The van der Waals surface area contributed by atoms with Crippen LogP contribution in [0.5, 0.6) is 11.6 Å². The Bertz CT molecular complexity index is 3090. The summed E-state index contributed by atoms with van der Waals surface area (Å²) in [7, 11) is -4.70. The number of carbonyl (C=O) groups excluding carboxylic acids is 1. The van der Waals surface area contributed by atoms with Crippen molar-refractivity contribution in [2.75, 3.05) is 80.9 Å². The minimum absolute atomic E-state index is 0.00757. The number of sulfonamides is 1. The molecule has 0 radical (unpaired) electrons. The van der Waals surface area contributed by atoms with Crippen LogP contribution in [0.2, 0.25) is 0 Å². The van der Waals surface area contributed by atoms with Gasteiger partial charge in [0, 0.05) is 73.7 Å². The average Bonchev–Trinajstić information content (AvgIpc) is 4.00. The molecule has 384 valence electrons. The topological polar surface area (TPSA) is 197 Å². The monoisotopic (exact) mass is 1010 g/mol. The van der Waals surface area contributed by atoms with Crippen molar-refractivity contribution in [3.63, 3.8) is 0 Å². The maximum atomic E-state index is 14.6. The molecule has 1 aliphatic carbocycles. The number of anilines is 4. The van der Waals surface area contributed by atoms with Crippen LogP contribution < -0.4 is 29.3 Å². The fourth-order valence-corrected chi connectivity index (χ4v) is 13.6. The summed E-state index contributed by atoms with van der Waals surface area (Å²) >= 11 is 0. The first-order valence-electron chi connectivity index (χ1n) is 25.8. The first kappa shape index (κ1) is 47.7. The second kappa shape index (κ2) is 18.9. The number of nitrogens with one attached hydrogen (secondary N) is 3. The van der Waals surface area contributed by atoms with E-state index >= 15 is 0 Å². The van der Waals surface area contributed by atoms with E-state index in [9.17, 15) is 23.3 Å². The molecular formula is C54H63N9O9S. The Hall–Kier alpha value is -6.25. The maximum absolute atomic E-state index is 14.6. The van der Waals surface area contributed by atoms with Gasteiger partial charge in [-0.05, 0) is 112 Å². The highest BCUT2D eigenvalue weighted by atomic mass is 32.2. The van der Waals surface area contributed by atoms with Gasteiger partial charge in [-0.3, -0.25) is 24.7 Å². The van der Waals surface area contributed by atoms with Gasteiger partial charge in [0.15, 0.2) is 11.4 Å². The van der Waals surface area contributed by atoms with Gasteiger partial charge in [0.1, 0.15) is 17.9 Å². The van der Waals surface area contributed by atoms with E-state index in [1.54, 1.807) is 12.3 Å². The molecule has 2 aromatic heterocycles. The van der Waals surface area contributed by atoms with E-state index in [4.69, 9.17) is 23.9 Å². The number of fused-ring (bicyclic) bond motifs is 3. The van der Waals surface area contributed by atoms with Crippen LogP contribution in [0.25, 0.3) is 16.6 Å². The lowest BCUT2D eigenvalue weighted by molar-refractivity contribution is -0.384. The SMILES string of the molecule is C=C(C)c1ccccc1[C@@H]1CCCN1C1CC2(CCN(c3ccc(C(=O)NS(=O)(=O)c4cc5c(c([N+](=O)[O-])c4)N[C@H]([C@H]4CN(C6COC6)[C@H](C)CO4)CO5)c(N4CCCOc5nc6[nH]ccc6cc54)c3)CC2)C1. The Kier molecular flexibility index (Phi) is 12.4. The molecule has 1 spiro atoms. The number of allylic oxidation sites excluding steroid dienone is 1. The van der Waals surface area contributed by atoms with E-state index in [1.165, 1.54) is 42.9 Å². The number of morpholine rings is 1. The second-order valence-electron chi connectivity index (χ2n) is 21.3. The van der Waals surface area contributed by atoms with Crippen LogP contribution in [0.3, 0.4) is 0 Å². The number of benzene rings is 3. The van der Waals surface area contributed by atoms with Crippen molar-refractivity contribution in [1.82, 2.24) is 24.5 Å². The molecule has 18 nitrogen and oxygen atoms in total. The molecule has 3 aromatic carbocycles. The molecule has 3 N–H and O–H groups in total. The molecule has 12 rings (SSSR count). The van der Waals surface area contributed by atoms with Crippen molar-refractivity contribution in [3.8, 4) is 11.6 Å². The van der Waals surface area contributed by atoms with Crippen molar-refractivity contribution < 1.29 is 37.1 Å². The van der Waals surface area contributed by atoms with E-state index < -0.39 is 37.5 Å². The predicted octanol–water partition coefficient (Wildman–Crippen LogP) is 7.79. The van der Waals surface area contributed by atoms with E-state index in [0.29, 0.717) is 80.9 Å². The van der Waals surface area contributed by atoms with Crippen molar-refractivity contribution in [2.24, 2.45) is 5.41 Å². The van der Waals surface area contributed by atoms with Crippen LogP contribution in [0.15, 0.2) is 84.4 Å². The number of rotatable bonds is 11. The largest absolute Gasteiger partial charge is 0.489 e. The number of H-pyrrole nitrogens is 1. The van der Waals surface area contributed by atoms with E-state index in [2.05, 4.69) is 74.4 Å². The molecular weight excluding hydrogens is 951 g/mol. The highest BCUT2D eigenvalue weighted by Crippen LogP contribution is 2.54. The van der Waals surface area contributed by atoms with Crippen molar-refractivity contribution >= 4 is 61.0 Å². The Morgan fingerprint density at radius 1 is 0.918 bits per heavy atom. The van der Waals surface area contributed by atoms with Gasteiger partial charge >= 0.3 is 0 Å². The normalized spacial score (nSPS) is 24.6. The standard InChI is InChI=1S/C54H63N9O9S/c1-33(2)40-8-4-5-9-41(40)44-10-6-17-60(44)37-26-54(27-37)14-19-59(20-15-54)36-11-12-42(45(23-36)61-18-7-21-70-53-47(61)22-35-13-16-55-51(35)57-53)52(64)58-73(67,68)39-24-46(63(65)66)50-48(25-39)72-32-43(56-50)49-28-62(34(3)29-71-49)38-30-69-31-38/h4-5,8-9,11-13,16,22-25,34,37-38,43-44,49,56H,1,6-7,10,14-15,17-21,26-32H2,2-3H3,(H,55,57)(H,58,64)/t34-,43+,44+,49-/m1/s1. The summed E-state index contributed by atoms with van der Waals surface area (Å²) in [6, 6.07) is 21.4. The summed E-state index contributed by atoms with van der Waals surface area (Å²) in [4.78, 5) is 43.6. The molecule has 19 heteroatoms. The maximum Gasteiger partial charge on any atom is 0.297 e. The second-order valence-corrected chi connectivity index (χ2v) is 23.0. The Morgan fingerprint density at radius 2 is 1.74 bits per heavy atom. The van der Waals surface area contributed by atoms with E-state index in [0.717, 1.165) is 55.2 Å². The molecule has 4 atom stereocenters. The van der Waals surface area contributed by atoms with Gasteiger partial charge in [-0.25, -0.2) is 13.1 Å². The first-order valence-corrected chi connectivity index (χ1v) is 27.3. The number of nitro benzene ring substituents is 1. The van der Waals surface area contributed by atoms with Crippen LogP contribution in [-0.4, -0.2) is 135 Å². The third kappa shape index (κ3) is 8.85. The highest BCUT2D eigenvalue weighted by molar-refractivity contribution is 7.90. The zero-order valence-electron chi connectivity index (χ0n) is 41.4. The van der Waals surface area contributed by atoms with Gasteiger partial charge in [0.2, 0.25) is 5.88 Å². The Labute approximate surface area is 425 Å². The number of hydrogen-bond donors (Lipinski definition) is 3. The van der Waals surface area contributed by atoms with Crippen LogP contribution in [-0.2, 0) is 19.5 Å². The smallest absolute Gasteiger partial charge is 0.297 e. The molecule has 4 saturated heterocycles. The summed E-state index contributed by atoms with van der Waals surface area (Å²) in [6.07, 6.45) is 8.89. The molecule has 73 heavy (non-hydrogen) atoms. The summed E-state index contributed by atoms with van der Waals surface area (Å²) in [5, 5.41) is 16.7. The number of aromatic amines is 1. The number of likely N-dealkylation sites (tertiary alicyclic amines) is 1. The highest BCUT2D eigenvalue weighted by Gasteiger charge is 2.50. The molecule has 0 unspecified atom stereocenters. The van der Waals surface area contributed by atoms with Gasteiger partial charge in [0.05, 0.1) is 65.7 Å². The van der Waals surface area contributed by atoms with E-state index in [-0.39, 0.29) is 47.2 Å². The molecule has 6 aliphatic heterocycles. The number of pyridine rings is 1. The summed E-state index contributed by atoms with van der Waals surface area (Å²) in [5.41, 5.74) is 6.44. The molecule has 5 fully saturated rings. The summed E-state index contributed by atoms with van der Waals surface area (Å²) in [5.74, 6) is -0.503. The number of carbonyl (C=O) groups is 1. The zero-order valence-corrected chi connectivity index (χ0v) is 42.2. The third-order valence-corrected chi connectivity index (χ3v) is 18.0. The minimum atomic E-state index is -4.70. The molecule has 1 saturated carbocycles. The zero-order chi connectivity index (χ0) is 50.2. The van der Waals surface area contributed by atoms with Gasteiger partial charge in [-0.15, -0.1) is 0 Å². The van der Waals surface area contributed by atoms with Crippen LogP contribution in [0.4, 0.5) is 28.4 Å². The fraction of sp³-hybridized carbons (Fsp3) is 0.481. The number of amides is 1. The van der Waals surface area contributed by atoms with Crippen LogP contribution in [0, 0.1) is 15.5 Å². The average molecular weight is 1010 g/mol. The van der Waals surface area contributed by atoms with Gasteiger partial charge in [-0.1, -0.05) is 36.4 Å². The third-order valence-electron chi connectivity index (χ3n) is 16.7. The Balaban J connectivity index is 0.795. The van der Waals surface area contributed by atoms with Crippen LogP contribution in [0.1, 0.15) is 86.3 Å². The molecule has 7 aliphatic rings. The fourth-order valence-electron chi connectivity index (χ4n) is 12.6. The number of hydrogen-bond acceptors (Lipinski definition) is 15. The quantitative estimate of drug-likeness (QED) is 0.0856. The lowest BCUT2D eigenvalue weighted by atomic mass is 9.59. The van der Waals surface area contributed by atoms with Crippen molar-refractivity contribution in [1.29, 1.82) is 0 Å². The van der Waals surface area contributed by atoms with Crippen molar-refractivity contribution in [2.45, 2.75) is 100 Å². The molecule has 5 aromatic rings. The molecule has 8 heterocycles. The lowest BCUT2D eigenvalue weighted by Crippen LogP contribution is -2.62. The molecule has 1 amide bonds. The van der Waals surface area contributed by atoms with Gasteiger partial charge in [-0.2, -0.15) is 4.98 Å². The number of nitro groups is 1. The van der Waals surface area contributed by atoms with Gasteiger partial charge < -0.3 is 39.0 Å². The number of piperidine rings is 1. The molecule has 0 bridgehead atoms. The minimum Gasteiger partial charge on any atom is -0.489 e. The van der Waals surface area contributed by atoms with E-state index in [1.807, 2.05) is 29.2 Å². The summed E-state index contributed by atoms with van der Waals surface area (Å²) in [6.45, 7) is 14.6. The van der Waals surface area contributed by atoms with Crippen molar-refractivity contribution in [3.05, 3.63) is 106 Å². The Morgan fingerprint density at radius 3 is 2.52 bits per heavy atom. The predicted molar refractivity (Wildman–Crippen MR) is 278 cm³/mol. The number of nitrogens with zero attached hydrogens (tertiary/aromatic N) is 6. The summed E-state index contributed by atoms with van der Waals surface area (Å²) < 4.78 is 54.8. The van der Waals surface area contributed by atoms with Gasteiger partial charge in [0.25, 0.3) is 21.6 Å². The lowest BCUT2D eigenvalue weighted by Gasteiger charge is -2.56. The number of ether oxygens (including phenoxy) is 4. The first-order chi connectivity index (χ1) is 35.3. The number of aromatic nitrogens is 2.